The van der Waals surface area contributed by atoms with Gasteiger partial charge < -0.3 is 20.2 Å². The van der Waals surface area contributed by atoms with Gasteiger partial charge in [0.1, 0.15) is 5.69 Å². The van der Waals surface area contributed by atoms with Crippen LogP contribution in [0, 0.1) is 0 Å². The summed E-state index contributed by atoms with van der Waals surface area (Å²) in [6, 6.07) is 26.8. The second kappa shape index (κ2) is 9.58. The van der Waals surface area contributed by atoms with Gasteiger partial charge in [0, 0.05) is 46.9 Å². The Kier molecular flexibility index (Phi) is 5.82. The third-order valence-corrected chi connectivity index (χ3v) is 6.46. The van der Waals surface area contributed by atoms with Crippen LogP contribution in [0.3, 0.4) is 0 Å². The van der Waals surface area contributed by atoms with Crippen LogP contribution in [0.4, 0.5) is 5.69 Å². The van der Waals surface area contributed by atoms with Crippen LogP contribution in [0.2, 0.25) is 0 Å². The average molecular weight is 489 g/mol. The van der Waals surface area contributed by atoms with Gasteiger partial charge in [-0.25, -0.2) is 9.98 Å². The summed E-state index contributed by atoms with van der Waals surface area (Å²) in [5, 5.41) is 3.79. The highest BCUT2D eigenvalue weighted by atomic mass is 16.2. The lowest BCUT2D eigenvalue weighted by Crippen LogP contribution is -2.48. The Labute approximate surface area is 213 Å². The van der Waals surface area contributed by atoms with E-state index in [1.54, 1.807) is 23.5 Å². The fraction of sp³-hybridized carbons (Fsp3) is 0.103. The third kappa shape index (κ3) is 4.40. The van der Waals surface area contributed by atoms with E-state index in [9.17, 15) is 9.59 Å². The van der Waals surface area contributed by atoms with Crippen molar-refractivity contribution in [2.75, 3.05) is 11.4 Å². The summed E-state index contributed by atoms with van der Waals surface area (Å²) in [6.07, 6.45) is 2.83. The Morgan fingerprint density at radius 1 is 0.973 bits per heavy atom. The smallest absolute Gasteiger partial charge is 0.272 e. The number of hydrogen-bond acceptors (Lipinski definition) is 4. The molecule has 1 atom stereocenters. The van der Waals surface area contributed by atoms with E-state index in [4.69, 9.17) is 4.99 Å². The van der Waals surface area contributed by atoms with Crippen LogP contribution in [0.15, 0.2) is 102 Å². The molecule has 0 saturated carbocycles. The molecule has 3 aromatic carbocycles. The van der Waals surface area contributed by atoms with Gasteiger partial charge in [-0.1, -0.05) is 66.7 Å². The minimum Gasteiger partial charge on any atom is -0.351 e. The van der Waals surface area contributed by atoms with E-state index in [1.807, 2.05) is 78.9 Å². The largest absolute Gasteiger partial charge is 0.351 e. The molecule has 1 aliphatic rings. The van der Waals surface area contributed by atoms with Gasteiger partial charge in [-0.05, 0) is 18.2 Å². The number of hydrogen-bond donors (Lipinski definition) is 3. The molecular weight excluding hydrogens is 464 g/mol. The molecule has 8 heteroatoms. The molecule has 2 amide bonds. The van der Waals surface area contributed by atoms with E-state index in [0.717, 1.165) is 33.4 Å². The molecule has 182 valence electrons. The van der Waals surface area contributed by atoms with Gasteiger partial charge in [-0.15, -0.1) is 0 Å². The Morgan fingerprint density at radius 2 is 1.76 bits per heavy atom. The summed E-state index contributed by atoms with van der Waals surface area (Å²) >= 11 is 0. The van der Waals surface area contributed by atoms with Crippen LogP contribution in [0.5, 0.6) is 0 Å². The number of benzene rings is 3. The number of imidazole rings is 1. The van der Waals surface area contributed by atoms with E-state index >= 15 is 0 Å². The lowest BCUT2D eigenvalue weighted by Gasteiger charge is -2.25. The monoisotopic (exact) mass is 488 g/mol. The summed E-state index contributed by atoms with van der Waals surface area (Å²) < 4.78 is 0. The van der Waals surface area contributed by atoms with Crippen LogP contribution in [-0.2, 0) is 11.2 Å². The Hall–Kier alpha value is -4.98. The molecule has 5 aromatic rings. The highest BCUT2D eigenvalue weighted by Crippen LogP contribution is 2.28. The number of H-pyrrole nitrogens is 2. The highest BCUT2D eigenvalue weighted by Gasteiger charge is 2.33. The normalized spacial score (nSPS) is 15.2. The number of nitrogens with zero attached hydrogens (tertiary/aromatic N) is 3. The third-order valence-electron chi connectivity index (χ3n) is 6.46. The average Bonchev–Trinajstić information content (AvgIpc) is 3.60. The summed E-state index contributed by atoms with van der Waals surface area (Å²) in [6.45, 7) is 0.397. The molecule has 37 heavy (non-hydrogen) atoms. The van der Waals surface area contributed by atoms with Gasteiger partial charge in [-0.2, -0.15) is 0 Å². The predicted molar refractivity (Wildman–Crippen MR) is 143 cm³/mol. The topological polar surface area (TPSA) is 106 Å². The number of aromatic nitrogens is 3. The van der Waals surface area contributed by atoms with Crippen LogP contribution in [-0.4, -0.2) is 45.2 Å². The number of aliphatic imine (C=N–C) groups is 1. The number of carbonyl (C=O) groups is 2. The van der Waals surface area contributed by atoms with Crippen molar-refractivity contribution < 1.29 is 9.59 Å². The molecule has 1 aliphatic heterocycles. The second-order valence-electron chi connectivity index (χ2n) is 8.82. The minimum absolute atomic E-state index is 0.303. The van der Waals surface area contributed by atoms with Crippen LogP contribution in [0.25, 0.3) is 10.9 Å². The van der Waals surface area contributed by atoms with Crippen molar-refractivity contribution in [3.05, 3.63) is 120 Å². The number of amides is 2. The summed E-state index contributed by atoms with van der Waals surface area (Å²) in [5.74, 6) is -0.701. The first-order valence-corrected chi connectivity index (χ1v) is 12.1. The first-order valence-electron chi connectivity index (χ1n) is 12.1. The van der Waals surface area contributed by atoms with Crippen molar-refractivity contribution in [2.45, 2.75) is 12.6 Å². The van der Waals surface area contributed by atoms with Gasteiger partial charge in [0.2, 0.25) is 6.17 Å². The van der Waals surface area contributed by atoms with Gasteiger partial charge in [0.25, 0.3) is 11.8 Å². The summed E-state index contributed by atoms with van der Waals surface area (Å²) in [7, 11) is 0. The fourth-order valence-electron chi connectivity index (χ4n) is 4.63. The molecule has 0 bridgehead atoms. The molecular formula is C29H24N6O2. The quantitative estimate of drug-likeness (QED) is 0.335. The van der Waals surface area contributed by atoms with Gasteiger partial charge in [0.05, 0.1) is 17.7 Å². The van der Waals surface area contributed by atoms with E-state index in [-0.39, 0.29) is 5.91 Å². The number of carbonyl (C=O) groups excluding carboxylic acids is 2. The zero-order valence-electron chi connectivity index (χ0n) is 19.9. The van der Waals surface area contributed by atoms with E-state index in [0.29, 0.717) is 24.4 Å². The molecule has 3 heterocycles. The minimum atomic E-state index is -1.11. The van der Waals surface area contributed by atoms with Crippen molar-refractivity contribution in [3.8, 4) is 0 Å². The second-order valence-corrected chi connectivity index (χ2v) is 8.82. The zero-order chi connectivity index (χ0) is 25.2. The maximum Gasteiger partial charge on any atom is 0.272 e. The predicted octanol–water partition coefficient (Wildman–Crippen LogP) is 4.07. The van der Waals surface area contributed by atoms with Crippen molar-refractivity contribution in [2.24, 2.45) is 4.99 Å². The van der Waals surface area contributed by atoms with Crippen LogP contribution >= 0.6 is 0 Å². The molecule has 0 aliphatic carbocycles. The number of rotatable bonds is 6. The number of aromatic amines is 2. The SMILES string of the molecule is O=C(N[C@H]1N=C(c2ccccc2)c2ccccc2N(CCc2cnc[nH]2)C1=O)c1cc2ccccc2[nH]1. The molecule has 0 fully saturated rings. The van der Waals surface area contributed by atoms with Crippen LogP contribution in [0.1, 0.15) is 27.3 Å². The van der Waals surface area contributed by atoms with Crippen molar-refractivity contribution >= 4 is 34.1 Å². The first kappa shape index (κ1) is 22.5. The molecule has 0 unspecified atom stereocenters. The number of anilines is 1. The van der Waals surface area contributed by atoms with E-state index in [1.165, 1.54) is 0 Å². The van der Waals surface area contributed by atoms with Crippen molar-refractivity contribution in [1.29, 1.82) is 0 Å². The molecule has 8 nitrogen and oxygen atoms in total. The Morgan fingerprint density at radius 3 is 2.57 bits per heavy atom. The van der Waals surface area contributed by atoms with Crippen LogP contribution < -0.4 is 10.2 Å². The molecule has 6 rings (SSSR count). The number of para-hydroxylation sites is 2. The van der Waals surface area contributed by atoms with Gasteiger partial charge in [-0.3, -0.25) is 9.59 Å². The molecule has 0 spiro atoms. The maximum atomic E-state index is 14.0. The highest BCUT2D eigenvalue weighted by molar-refractivity contribution is 6.20. The zero-order valence-corrected chi connectivity index (χ0v) is 19.9. The van der Waals surface area contributed by atoms with Crippen molar-refractivity contribution in [1.82, 2.24) is 20.3 Å². The Balaban J connectivity index is 1.40. The fourth-order valence-corrected chi connectivity index (χ4v) is 4.63. The van der Waals surface area contributed by atoms with Gasteiger partial charge >= 0.3 is 0 Å². The van der Waals surface area contributed by atoms with Crippen molar-refractivity contribution in [3.63, 3.8) is 0 Å². The lowest BCUT2D eigenvalue weighted by atomic mass is 10.00. The standard InChI is InChI=1S/C29H24N6O2/c36-28(24-16-20-10-4-6-12-23(20)32-24)34-27-29(37)35(15-14-21-17-30-18-31-21)25-13-7-5-11-22(25)26(33-27)19-8-2-1-3-9-19/h1-13,16-18,27,32H,14-15H2,(H,30,31)(H,34,36)/t27-/m1/s1. The maximum absolute atomic E-state index is 14.0. The Bertz CT molecular complexity index is 1570. The number of fused-ring (bicyclic) bond motifs is 2. The molecule has 3 N–H and O–H groups in total. The first-order chi connectivity index (χ1) is 18.2. The number of nitrogens with one attached hydrogen (secondary N) is 3. The van der Waals surface area contributed by atoms with Gasteiger partial charge in [0.15, 0.2) is 0 Å². The summed E-state index contributed by atoms with van der Waals surface area (Å²) in [5.41, 5.74) is 5.22. The summed E-state index contributed by atoms with van der Waals surface area (Å²) in [4.78, 5) is 44.1. The molecule has 0 radical (unpaired) electrons. The number of benzodiazepines with no additional fused rings is 1. The molecule has 0 saturated heterocycles. The van der Waals surface area contributed by atoms with E-state index in [2.05, 4.69) is 20.3 Å². The lowest BCUT2D eigenvalue weighted by molar-refractivity contribution is -0.120. The molecule has 2 aromatic heterocycles. The van der Waals surface area contributed by atoms with E-state index < -0.39 is 12.1 Å².